The Kier molecular flexibility index (Phi) is 6.88. The van der Waals surface area contributed by atoms with Gasteiger partial charge in [0.2, 0.25) is 0 Å². The molecule has 0 aromatic carbocycles. The molecule has 2 aliphatic heterocycles. The Labute approximate surface area is 176 Å². The standard InChI is InChI=1S/C11H14B10N2O6/c12-18(13)20(16)21(19(14)15)17-1-5(17)4-2-23(11(28)22-9(4)27)10-8(26)7(25)6(3-24)29-10/h2,5-8,10,24-26H,1,3H2,(H,22,27,28)/t5?,6-,7?,8+,10-/m1/s1. The van der Waals surface area contributed by atoms with Crippen LogP contribution in [0.1, 0.15) is 17.6 Å². The summed E-state index contributed by atoms with van der Waals surface area (Å²) in [5.41, 5.74) is -1.16. The molecule has 1 aromatic heterocycles. The topological polar surface area (TPSA) is 125 Å². The Balaban J connectivity index is 1.90. The van der Waals surface area contributed by atoms with Gasteiger partial charge >= 0.3 is 5.69 Å². The van der Waals surface area contributed by atoms with Crippen LogP contribution in [0.3, 0.4) is 0 Å². The summed E-state index contributed by atoms with van der Waals surface area (Å²) in [5, 5.41) is 29.3. The number of hydrogen-bond donors (Lipinski definition) is 4. The summed E-state index contributed by atoms with van der Waals surface area (Å²) in [6.07, 6.45) is -6.15. The normalized spacial score (nSPS) is 28.2. The lowest BCUT2D eigenvalue weighted by molar-refractivity contribution is -0.0551. The second-order valence-electron chi connectivity index (χ2n) is 7.80. The van der Waals surface area contributed by atoms with Crippen molar-refractivity contribution in [3.63, 3.8) is 0 Å². The molecular formula is C11H14B10N2O6. The highest BCUT2D eigenvalue weighted by atomic mass is 16.6. The molecule has 0 saturated carbocycles. The third kappa shape index (κ3) is 4.31. The molecule has 5 atom stereocenters. The molecule has 2 saturated heterocycles. The van der Waals surface area contributed by atoms with E-state index in [4.69, 9.17) is 43.4 Å². The summed E-state index contributed by atoms with van der Waals surface area (Å²) < 4.78 is 6.36. The van der Waals surface area contributed by atoms with Crippen molar-refractivity contribution in [2.75, 3.05) is 6.61 Å². The van der Waals surface area contributed by atoms with Crippen LogP contribution in [0.2, 0.25) is 6.32 Å². The Hall–Kier alpha value is -0.831. The van der Waals surface area contributed by atoms with Crippen LogP contribution in [0.15, 0.2) is 15.8 Å². The van der Waals surface area contributed by atoms with E-state index in [1.807, 2.05) is 0 Å². The first-order chi connectivity index (χ1) is 13.6. The zero-order valence-corrected chi connectivity index (χ0v) is 15.7. The molecule has 8 nitrogen and oxygen atoms in total. The molecule has 10 radical (unpaired) electrons. The Bertz CT molecular complexity index is 852. The van der Waals surface area contributed by atoms with Crippen molar-refractivity contribution in [2.45, 2.75) is 36.7 Å². The predicted molar refractivity (Wildman–Crippen MR) is 119 cm³/mol. The Morgan fingerprint density at radius 1 is 1.17 bits per heavy atom. The van der Waals surface area contributed by atoms with Crippen LogP contribution < -0.4 is 11.2 Å². The first-order valence-corrected chi connectivity index (χ1v) is 9.34. The van der Waals surface area contributed by atoms with Gasteiger partial charge in [-0.3, -0.25) is 14.3 Å². The molecule has 2 fully saturated rings. The molecule has 1 aromatic rings. The van der Waals surface area contributed by atoms with Gasteiger partial charge in [-0.1, -0.05) is 6.32 Å². The second-order valence-corrected chi connectivity index (χ2v) is 7.80. The van der Waals surface area contributed by atoms with Gasteiger partial charge < -0.3 is 20.1 Å². The van der Waals surface area contributed by atoms with Gasteiger partial charge in [0, 0.05) is 76.0 Å². The van der Waals surface area contributed by atoms with E-state index in [9.17, 15) is 24.9 Å². The summed E-state index contributed by atoms with van der Waals surface area (Å²) in [7, 11) is 29.1. The number of hydrogen-bond acceptors (Lipinski definition) is 6. The molecule has 0 aliphatic carbocycles. The molecule has 0 bridgehead atoms. The average Bonchev–Trinajstić information content (AvgIpc) is 3.35. The van der Waals surface area contributed by atoms with Crippen molar-refractivity contribution >= 4 is 70.8 Å². The maximum atomic E-state index is 12.4. The average molecular weight is 378 g/mol. The molecule has 3 rings (SSSR count). The number of nitrogens with one attached hydrogen (secondary N) is 1. The van der Waals surface area contributed by atoms with Gasteiger partial charge in [0.1, 0.15) is 18.3 Å². The number of aliphatic hydroxyl groups is 3. The SMILES string of the molecule is [B]B([B])B([B])B(B([B])[B])B1CC1c1cn([C@@H]2O[C@H](CO)C(O)[C@@H]2O)c(=O)[nH]c1=O. The number of aromatic nitrogens is 2. The highest BCUT2D eigenvalue weighted by Crippen LogP contribution is 2.41. The van der Waals surface area contributed by atoms with Crippen molar-refractivity contribution in [3.05, 3.63) is 32.6 Å². The summed E-state index contributed by atoms with van der Waals surface area (Å²) in [6.45, 7) is -0.714. The Morgan fingerprint density at radius 3 is 2.34 bits per heavy atom. The van der Waals surface area contributed by atoms with Crippen molar-refractivity contribution in [1.29, 1.82) is 0 Å². The number of aliphatic hydroxyl groups excluding tert-OH is 3. The molecule has 4 N–H and O–H groups in total. The lowest BCUT2D eigenvalue weighted by Gasteiger charge is -2.25. The molecular weight excluding hydrogens is 364 g/mol. The van der Waals surface area contributed by atoms with Gasteiger partial charge in [0.15, 0.2) is 6.23 Å². The third-order valence-electron chi connectivity index (χ3n) is 5.85. The highest BCUT2D eigenvalue weighted by molar-refractivity contribution is 8.00. The van der Waals surface area contributed by atoms with Crippen molar-refractivity contribution in [3.8, 4) is 0 Å². The van der Waals surface area contributed by atoms with Crippen LogP contribution in [0.4, 0.5) is 0 Å². The van der Waals surface area contributed by atoms with E-state index in [1.165, 1.54) is 6.20 Å². The molecule has 18 heteroatoms. The van der Waals surface area contributed by atoms with E-state index in [2.05, 4.69) is 4.98 Å². The zero-order valence-electron chi connectivity index (χ0n) is 15.7. The lowest BCUT2D eigenvalue weighted by Crippen LogP contribution is -2.63. The van der Waals surface area contributed by atoms with Gasteiger partial charge in [-0.25, -0.2) is 4.79 Å². The number of ether oxygens (including phenoxy) is 1. The maximum absolute atomic E-state index is 12.4. The molecule has 0 spiro atoms. The first-order valence-electron chi connectivity index (χ1n) is 9.34. The maximum Gasteiger partial charge on any atom is 0.330 e. The number of nitrogens with zero attached hydrogens (tertiary/aromatic N) is 1. The van der Waals surface area contributed by atoms with Crippen molar-refractivity contribution in [2.24, 2.45) is 0 Å². The van der Waals surface area contributed by atoms with Crippen LogP contribution in [0, 0.1) is 0 Å². The molecule has 2 unspecified atom stereocenters. The van der Waals surface area contributed by atoms with Gasteiger partial charge in [-0.15, -0.1) is 0 Å². The first kappa shape index (κ1) is 22.8. The van der Waals surface area contributed by atoms with Gasteiger partial charge in [0.05, 0.1) is 13.2 Å². The third-order valence-corrected chi connectivity index (χ3v) is 5.85. The van der Waals surface area contributed by atoms with Gasteiger partial charge in [0.25, 0.3) is 5.56 Å². The van der Waals surface area contributed by atoms with Gasteiger partial charge in [-0.2, -0.15) is 0 Å². The molecule has 29 heavy (non-hydrogen) atoms. The fourth-order valence-electron chi connectivity index (χ4n) is 4.15. The number of H-pyrrole nitrogens is 1. The zero-order chi connectivity index (χ0) is 21.6. The van der Waals surface area contributed by atoms with Crippen molar-refractivity contribution in [1.82, 2.24) is 9.55 Å². The molecule has 134 valence electrons. The summed E-state index contributed by atoms with van der Waals surface area (Å²) in [4.78, 5) is 26.8. The highest BCUT2D eigenvalue weighted by Gasteiger charge is 2.52. The molecule has 2 aliphatic rings. The van der Waals surface area contributed by atoms with Crippen LogP contribution >= 0.6 is 0 Å². The van der Waals surface area contributed by atoms with Gasteiger partial charge in [-0.05, 0) is 5.82 Å². The number of aromatic amines is 1. The predicted octanol–water partition coefficient (Wildman–Crippen LogP) is -6.10. The quantitative estimate of drug-likeness (QED) is 0.350. The fraction of sp³-hybridized carbons (Fsp3) is 0.636. The number of rotatable bonds is 7. The summed E-state index contributed by atoms with van der Waals surface area (Å²) >= 11 is 0. The van der Waals surface area contributed by atoms with E-state index in [1.54, 1.807) is 0 Å². The van der Waals surface area contributed by atoms with Crippen molar-refractivity contribution < 1.29 is 20.1 Å². The minimum atomic E-state index is -1.47. The monoisotopic (exact) mass is 380 g/mol. The van der Waals surface area contributed by atoms with E-state index in [-0.39, 0.29) is 18.0 Å². The van der Waals surface area contributed by atoms with Crippen LogP contribution in [0.25, 0.3) is 0 Å². The van der Waals surface area contributed by atoms with E-state index >= 15 is 0 Å². The second kappa shape index (κ2) is 8.73. The van der Waals surface area contributed by atoms with Crippen LogP contribution in [-0.4, -0.2) is 121 Å². The minimum absolute atomic E-state index is 0.170. The van der Waals surface area contributed by atoms with E-state index in [0.717, 1.165) is 4.57 Å². The van der Waals surface area contributed by atoms with Crippen LogP contribution in [-0.2, 0) is 4.74 Å². The summed E-state index contributed by atoms with van der Waals surface area (Å²) in [5.74, 6) is -0.299. The molecule has 3 heterocycles. The fourth-order valence-corrected chi connectivity index (χ4v) is 4.15. The van der Waals surface area contributed by atoms with E-state index in [0.29, 0.717) is 6.32 Å². The smallest absolute Gasteiger partial charge is 0.330 e. The van der Waals surface area contributed by atoms with E-state index < -0.39 is 67.9 Å². The minimum Gasteiger partial charge on any atom is -0.394 e. The largest absolute Gasteiger partial charge is 0.394 e. The molecule has 0 amide bonds. The van der Waals surface area contributed by atoms with Crippen LogP contribution in [0.5, 0.6) is 0 Å². The lowest BCUT2D eigenvalue weighted by atomic mass is 8.57. The summed E-state index contributed by atoms with van der Waals surface area (Å²) in [6, 6.07) is 0. The Morgan fingerprint density at radius 2 is 1.83 bits per heavy atom.